The van der Waals surface area contributed by atoms with Gasteiger partial charge in [-0.15, -0.1) is 11.3 Å². The molecule has 3 aromatic rings. The largest absolute Gasteiger partial charge is 0.309 e. The molecule has 0 amide bonds. The fourth-order valence-corrected chi connectivity index (χ4v) is 2.76. The van der Waals surface area contributed by atoms with Crippen LogP contribution in [-0.2, 0) is 6.54 Å². The van der Waals surface area contributed by atoms with Gasteiger partial charge in [0.25, 0.3) is 5.56 Å². The Kier molecular flexibility index (Phi) is 2.60. The summed E-state index contributed by atoms with van der Waals surface area (Å²) < 4.78 is 4.17. The van der Waals surface area contributed by atoms with Gasteiger partial charge in [-0.05, 0) is 28.1 Å². The number of fused-ring (bicyclic) bond motifs is 1. The summed E-state index contributed by atoms with van der Waals surface area (Å²) in [6.45, 7) is 0.493. The Morgan fingerprint density at radius 3 is 3.12 bits per heavy atom. The summed E-state index contributed by atoms with van der Waals surface area (Å²) in [5, 5.41) is 1.98. The smallest absolute Gasteiger partial charge is 0.265 e. The highest BCUT2D eigenvalue weighted by Crippen LogP contribution is 2.12. The third-order valence-electron chi connectivity index (χ3n) is 2.45. The SMILES string of the molecule is O=c1c(Br)cccn1Cc1cn2ccsc2n1. The van der Waals surface area contributed by atoms with Gasteiger partial charge in [0.2, 0.25) is 0 Å². The highest BCUT2D eigenvalue weighted by Gasteiger charge is 2.05. The summed E-state index contributed by atoms with van der Waals surface area (Å²) in [7, 11) is 0. The third-order valence-corrected chi connectivity index (χ3v) is 3.82. The molecule has 6 heteroatoms. The molecule has 3 rings (SSSR count). The first kappa shape index (κ1) is 10.7. The molecule has 0 saturated carbocycles. The van der Waals surface area contributed by atoms with Crippen LogP contribution in [0.25, 0.3) is 4.96 Å². The summed E-state index contributed by atoms with van der Waals surface area (Å²) in [4.78, 5) is 17.2. The van der Waals surface area contributed by atoms with Gasteiger partial charge in [0, 0.05) is 24.0 Å². The zero-order valence-corrected chi connectivity index (χ0v) is 11.1. The summed E-state index contributed by atoms with van der Waals surface area (Å²) in [6.07, 6.45) is 5.67. The van der Waals surface area contributed by atoms with Crippen LogP contribution in [-0.4, -0.2) is 14.0 Å². The van der Waals surface area contributed by atoms with Crippen LogP contribution in [0.3, 0.4) is 0 Å². The number of hydrogen-bond acceptors (Lipinski definition) is 3. The lowest BCUT2D eigenvalue weighted by molar-refractivity contribution is 0.740. The lowest BCUT2D eigenvalue weighted by Crippen LogP contribution is -2.20. The molecule has 0 spiro atoms. The molecule has 86 valence electrons. The second kappa shape index (κ2) is 4.12. The summed E-state index contributed by atoms with van der Waals surface area (Å²) in [6, 6.07) is 3.58. The Hall–Kier alpha value is -1.40. The van der Waals surface area contributed by atoms with Gasteiger partial charge in [0.05, 0.1) is 16.7 Å². The van der Waals surface area contributed by atoms with Gasteiger partial charge in [-0.25, -0.2) is 4.98 Å². The maximum absolute atomic E-state index is 11.8. The van der Waals surface area contributed by atoms with Gasteiger partial charge >= 0.3 is 0 Å². The van der Waals surface area contributed by atoms with Crippen LogP contribution in [0.5, 0.6) is 0 Å². The number of halogens is 1. The minimum absolute atomic E-state index is 0.0381. The quantitative estimate of drug-likeness (QED) is 0.729. The van der Waals surface area contributed by atoms with Gasteiger partial charge in [0.15, 0.2) is 4.96 Å². The Morgan fingerprint density at radius 2 is 2.29 bits per heavy atom. The van der Waals surface area contributed by atoms with Crippen molar-refractivity contribution in [3.8, 4) is 0 Å². The summed E-state index contributed by atoms with van der Waals surface area (Å²) in [5.41, 5.74) is 0.848. The maximum Gasteiger partial charge on any atom is 0.265 e. The fourth-order valence-electron chi connectivity index (χ4n) is 1.66. The Morgan fingerprint density at radius 1 is 1.41 bits per heavy atom. The summed E-state index contributed by atoms with van der Waals surface area (Å²) >= 11 is 4.81. The number of aromatic nitrogens is 3. The number of nitrogens with zero attached hydrogens (tertiary/aromatic N) is 3. The van der Waals surface area contributed by atoms with E-state index in [1.165, 1.54) is 0 Å². The van der Waals surface area contributed by atoms with E-state index in [1.54, 1.807) is 28.2 Å². The zero-order chi connectivity index (χ0) is 11.8. The van der Waals surface area contributed by atoms with Crippen molar-refractivity contribution in [1.82, 2.24) is 14.0 Å². The van der Waals surface area contributed by atoms with Crippen molar-refractivity contribution in [1.29, 1.82) is 0 Å². The highest BCUT2D eigenvalue weighted by atomic mass is 79.9. The first-order chi connectivity index (χ1) is 8.24. The standard InChI is InChI=1S/C11H8BrN3OS/c12-9-2-1-3-14(10(9)16)6-8-7-15-4-5-17-11(15)13-8/h1-5,7H,6H2. The van der Waals surface area contributed by atoms with E-state index in [-0.39, 0.29) is 5.56 Å². The van der Waals surface area contributed by atoms with Gasteiger partial charge in [-0.3, -0.25) is 9.20 Å². The third kappa shape index (κ3) is 1.94. The average molecular weight is 310 g/mol. The molecule has 17 heavy (non-hydrogen) atoms. The molecule has 0 aliphatic rings. The van der Waals surface area contributed by atoms with Crippen LogP contribution < -0.4 is 5.56 Å². The van der Waals surface area contributed by atoms with Crippen LogP contribution in [0.15, 0.2) is 45.4 Å². The normalized spacial score (nSPS) is 11.1. The number of pyridine rings is 1. The second-order valence-corrected chi connectivity index (χ2v) is 5.34. The van der Waals surface area contributed by atoms with E-state index in [2.05, 4.69) is 20.9 Å². The van der Waals surface area contributed by atoms with Crippen LogP contribution in [0.2, 0.25) is 0 Å². The average Bonchev–Trinajstić information content (AvgIpc) is 2.85. The lowest BCUT2D eigenvalue weighted by atomic mass is 10.4. The molecule has 0 N–H and O–H groups in total. The molecule has 0 aromatic carbocycles. The van der Waals surface area contributed by atoms with Crippen LogP contribution in [0.1, 0.15) is 5.69 Å². The Labute approximate surface area is 109 Å². The van der Waals surface area contributed by atoms with Crippen LogP contribution in [0.4, 0.5) is 0 Å². The van der Waals surface area contributed by atoms with E-state index < -0.39 is 0 Å². The molecule has 4 nitrogen and oxygen atoms in total. The van der Waals surface area contributed by atoms with Crippen molar-refractivity contribution < 1.29 is 0 Å². The van der Waals surface area contributed by atoms with E-state index in [0.29, 0.717) is 11.0 Å². The van der Waals surface area contributed by atoms with Gasteiger partial charge in [-0.2, -0.15) is 0 Å². The Bertz CT molecular complexity index is 699. The van der Waals surface area contributed by atoms with Crippen molar-refractivity contribution in [3.63, 3.8) is 0 Å². The first-order valence-corrected chi connectivity index (χ1v) is 6.67. The molecule has 0 aliphatic heterocycles. The number of imidazole rings is 1. The lowest BCUT2D eigenvalue weighted by Gasteiger charge is -2.02. The molecule has 0 saturated heterocycles. The van der Waals surface area contributed by atoms with Crippen molar-refractivity contribution >= 4 is 32.2 Å². The minimum Gasteiger partial charge on any atom is -0.309 e. The van der Waals surface area contributed by atoms with Gasteiger partial charge < -0.3 is 4.57 Å². The molecule has 0 radical (unpaired) electrons. The van der Waals surface area contributed by atoms with E-state index in [4.69, 9.17) is 0 Å². The molecule has 0 bridgehead atoms. The Balaban J connectivity index is 1.99. The second-order valence-electron chi connectivity index (χ2n) is 3.61. The zero-order valence-electron chi connectivity index (χ0n) is 8.71. The number of rotatable bonds is 2. The molecule has 3 aromatic heterocycles. The number of thiazole rings is 1. The van der Waals surface area contributed by atoms with Gasteiger partial charge in [0.1, 0.15) is 0 Å². The minimum atomic E-state index is -0.0381. The van der Waals surface area contributed by atoms with E-state index in [0.717, 1.165) is 10.7 Å². The predicted molar refractivity (Wildman–Crippen MR) is 70.6 cm³/mol. The molecule has 0 fully saturated rings. The molecular formula is C11H8BrN3OS. The van der Waals surface area contributed by atoms with Crippen molar-refractivity contribution in [2.24, 2.45) is 0 Å². The molecule has 0 atom stereocenters. The van der Waals surface area contributed by atoms with E-state index in [9.17, 15) is 4.79 Å². The predicted octanol–water partition coefficient (Wildman–Crippen LogP) is 2.37. The topological polar surface area (TPSA) is 39.3 Å². The molecule has 3 heterocycles. The van der Waals surface area contributed by atoms with Crippen LogP contribution >= 0.6 is 27.3 Å². The van der Waals surface area contributed by atoms with Crippen molar-refractivity contribution in [2.45, 2.75) is 6.54 Å². The highest BCUT2D eigenvalue weighted by molar-refractivity contribution is 9.10. The van der Waals surface area contributed by atoms with E-state index in [1.807, 2.05) is 28.2 Å². The van der Waals surface area contributed by atoms with Crippen molar-refractivity contribution in [3.05, 3.63) is 56.6 Å². The van der Waals surface area contributed by atoms with Crippen LogP contribution in [0, 0.1) is 0 Å². The fraction of sp³-hybridized carbons (Fsp3) is 0.0909. The summed E-state index contributed by atoms with van der Waals surface area (Å²) in [5.74, 6) is 0. The molecule has 0 unspecified atom stereocenters. The monoisotopic (exact) mass is 309 g/mol. The van der Waals surface area contributed by atoms with Crippen molar-refractivity contribution in [2.75, 3.05) is 0 Å². The molecule has 0 aliphatic carbocycles. The first-order valence-electron chi connectivity index (χ1n) is 5.00. The maximum atomic E-state index is 11.8. The van der Waals surface area contributed by atoms with Gasteiger partial charge in [-0.1, -0.05) is 0 Å². The molecular weight excluding hydrogens is 302 g/mol. The van der Waals surface area contributed by atoms with E-state index >= 15 is 0 Å². The number of hydrogen-bond donors (Lipinski definition) is 0.